The zero-order valence-electron chi connectivity index (χ0n) is 13.9. The third kappa shape index (κ3) is 4.67. The van der Waals surface area contributed by atoms with Crippen LogP contribution in [0.4, 0.5) is 13.2 Å². The largest absolute Gasteiger partial charge is 0.433 e. The first-order chi connectivity index (χ1) is 12.5. The molecule has 27 heavy (non-hydrogen) atoms. The molecule has 0 saturated heterocycles. The molecule has 1 aromatic carbocycles. The van der Waals surface area contributed by atoms with E-state index in [0.29, 0.717) is 17.1 Å². The van der Waals surface area contributed by atoms with E-state index in [-0.39, 0.29) is 5.69 Å². The quantitative estimate of drug-likeness (QED) is 0.602. The number of hydrogen-bond donors (Lipinski definition) is 0. The second-order valence-corrected chi connectivity index (χ2v) is 8.24. The van der Waals surface area contributed by atoms with Crippen LogP contribution in [0.3, 0.4) is 0 Å². The molecule has 142 valence electrons. The molecule has 0 atom stereocenters. The van der Waals surface area contributed by atoms with E-state index in [1.54, 1.807) is 41.2 Å². The van der Waals surface area contributed by atoms with Crippen molar-refractivity contribution in [3.05, 3.63) is 65.1 Å². The molecule has 0 radical (unpaired) electrons. The average molecular weight is 416 g/mol. The van der Waals surface area contributed by atoms with Gasteiger partial charge >= 0.3 is 6.18 Å². The predicted octanol–water partition coefficient (Wildman–Crippen LogP) is 4.07. The van der Waals surface area contributed by atoms with Gasteiger partial charge in [0.25, 0.3) is 0 Å². The van der Waals surface area contributed by atoms with Gasteiger partial charge in [-0.25, -0.2) is 18.4 Å². The number of halogens is 4. The molecule has 2 heterocycles. The van der Waals surface area contributed by atoms with Gasteiger partial charge in [0.05, 0.1) is 5.69 Å². The Bertz CT molecular complexity index is 1090. The Kier molecular flexibility index (Phi) is 5.00. The number of sulfone groups is 1. The number of benzene rings is 1. The summed E-state index contributed by atoms with van der Waals surface area (Å²) in [7, 11) is -4.01. The Balaban J connectivity index is 2.00. The molecule has 0 aliphatic rings. The van der Waals surface area contributed by atoms with Gasteiger partial charge in [-0.15, -0.1) is 0 Å². The van der Waals surface area contributed by atoms with E-state index in [2.05, 4.69) is 9.97 Å². The summed E-state index contributed by atoms with van der Waals surface area (Å²) in [6.07, 6.45) is -0.793. The summed E-state index contributed by atoms with van der Waals surface area (Å²) >= 11 is 5.94. The SMILES string of the molecule is CS(=O)(=O)c1nc(-c2ccn(Cc3cccc(Cl)c3)c2)cc(C(F)(F)F)n1. The Morgan fingerprint density at radius 3 is 2.52 bits per heavy atom. The molecule has 3 aromatic rings. The van der Waals surface area contributed by atoms with Crippen LogP contribution in [-0.4, -0.2) is 29.2 Å². The van der Waals surface area contributed by atoms with Gasteiger partial charge < -0.3 is 4.57 Å². The van der Waals surface area contributed by atoms with Crippen LogP contribution in [0.15, 0.2) is 53.9 Å². The van der Waals surface area contributed by atoms with Crippen LogP contribution in [0.2, 0.25) is 5.02 Å². The van der Waals surface area contributed by atoms with Gasteiger partial charge in [-0.05, 0) is 29.8 Å². The molecule has 0 unspecified atom stereocenters. The summed E-state index contributed by atoms with van der Waals surface area (Å²) in [6, 6.07) is 9.45. The highest BCUT2D eigenvalue weighted by atomic mass is 35.5. The Morgan fingerprint density at radius 2 is 1.89 bits per heavy atom. The summed E-state index contributed by atoms with van der Waals surface area (Å²) in [5.74, 6) is 0. The summed E-state index contributed by atoms with van der Waals surface area (Å²) < 4.78 is 64.3. The fraction of sp³-hybridized carbons (Fsp3) is 0.176. The van der Waals surface area contributed by atoms with Crippen LogP contribution < -0.4 is 0 Å². The van der Waals surface area contributed by atoms with Gasteiger partial charge in [-0.2, -0.15) is 13.2 Å². The van der Waals surface area contributed by atoms with Crippen molar-refractivity contribution < 1.29 is 21.6 Å². The maximum Gasteiger partial charge on any atom is 0.433 e. The van der Waals surface area contributed by atoms with Crippen molar-refractivity contribution in [1.82, 2.24) is 14.5 Å². The molecule has 0 spiro atoms. The van der Waals surface area contributed by atoms with E-state index < -0.39 is 26.9 Å². The van der Waals surface area contributed by atoms with Crippen LogP contribution in [0, 0.1) is 0 Å². The van der Waals surface area contributed by atoms with Gasteiger partial charge in [0, 0.05) is 35.8 Å². The van der Waals surface area contributed by atoms with Crippen molar-refractivity contribution in [1.29, 1.82) is 0 Å². The standard InChI is InChI=1S/C17H13ClF3N3O2S/c1-27(25,26)16-22-14(8-15(23-16)17(19,20)21)12-5-6-24(10-12)9-11-3-2-4-13(18)7-11/h2-8,10H,9H2,1H3. The molecule has 0 N–H and O–H groups in total. The van der Waals surface area contributed by atoms with E-state index in [1.807, 2.05) is 6.07 Å². The van der Waals surface area contributed by atoms with Gasteiger partial charge in [-0.3, -0.25) is 0 Å². The first-order valence-corrected chi connectivity index (χ1v) is 9.86. The molecule has 5 nitrogen and oxygen atoms in total. The Labute approximate surface area is 158 Å². The molecule has 0 aliphatic carbocycles. The Morgan fingerprint density at radius 1 is 1.15 bits per heavy atom. The van der Waals surface area contributed by atoms with Crippen molar-refractivity contribution in [2.75, 3.05) is 6.26 Å². The monoisotopic (exact) mass is 415 g/mol. The highest BCUT2D eigenvalue weighted by molar-refractivity contribution is 7.90. The van der Waals surface area contributed by atoms with E-state index in [9.17, 15) is 21.6 Å². The maximum absolute atomic E-state index is 13.1. The van der Waals surface area contributed by atoms with Crippen molar-refractivity contribution in [2.45, 2.75) is 17.9 Å². The second kappa shape index (κ2) is 6.97. The molecule has 3 rings (SSSR count). The van der Waals surface area contributed by atoms with Crippen LogP contribution in [0.5, 0.6) is 0 Å². The van der Waals surface area contributed by atoms with Crippen molar-refractivity contribution >= 4 is 21.4 Å². The molecule has 0 saturated carbocycles. The lowest BCUT2D eigenvalue weighted by Crippen LogP contribution is -2.14. The van der Waals surface area contributed by atoms with Gasteiger partial charge in [0.15, 0.2) is 0 Å². The summed E-state index contributed by atoms with van der Waals surface area (Å²) in [4.78, 5) is 6.93. The van der Waals surface area contributed by atoms with E-state index >= 15 is 0 Å². The lowest BCUT2D eigenvalue weighted by Gasteiger charge is -2.09. The summed E-state index contributed by atoms with van der Waals surface area (Å²) in [5, 5.41) is -0.293. The minimum Gasteiger partial charge on any atom is -0.349 e. The minimum absolute atomic E-state index is 0.123. The zero-order valence-corrected chi connectivity index (χ0v) is 15.5. The van der Waals surface area contributed by atoms with E-state index in [4.69, 9.17) is 11.6 Å². The van der Waals surface area contributed by atoms with Crippen LogP contribution in [0.1, 0.15) is 11.3 Å². The molecule has 0 bridgehead atoms. The molecule has 10 heteroatoms. The lowest BCUT2D eigenvalue weighted by molar-refractivity contribution is -0.141. The first-order valence-electron chi connectivity index (χ1n) is 7.59. The van der Waals surface area contributed by atoms with Gasteiger partial charge in [0.1, 0.15) is 5.69 Å². The van der Waals surface area contributed by atoms with Crippen molar-refractivity contribution in [3.8, 4) is 11.3 Å². The highest BCUT2D eigenvalue weighted by Gasteiger charge is 2.35. The predicted molar refractivity (Wildman–Crippen MR) is 94.1 cm³/mol. The van der Waals surface area contributed by atoms with Crippen molar-refractivity contribution in [3.63, 3.8) is 0 Å². The van der Waals surface area contributed by atoms with E-state index in [1.165, 1.54) is 0 Å². The van der Waals surface area contributed by atoms with Crippen LogP contribution in [-0.2, 0) is 22.6 Å². The lowest BCUT2D eigenvalue weighted by atomic mass is 10.2. The Hall–Kier alpha value is -2.39. The fourth-order valence-corrected chi connectivity index (χ4v) is 3.16. The third-order valence-electron chi connectivity index (χ3n) is 3.63. The number of rotatable bonds is 4. The average Bonchev–Trinajstić information content (AvgIpc) is 3.01. The summed E-state index contributed by atoms with van der Waals surface area (Å²) in [6.45, 7) is 0.441. The first kappa shape index (κ1) is 19.4. The molecule has 2 aromatic heterocycles. The van der Waals surface area contributed by atoms with Crippen LogP contribution >= 0.6 is 11.6 Å². The topological polar surface area (TPSA) is 64.8 Å². The smallest absolute Gasteiger partial charge is 0.349 e. The molecule has 0 fully saturated rings. The number of hydrogen-bond acceptors (Lipinski definition) is 4. The fourth-order valence-electron chi connectivity index (χ4n) is 2.42. The molecular weight excluding hydrogens is 403 g/mol. The molecule has 0 amide bonds. The number of nitrogens with zero attached hydrogens (tertiary/aromatic N) is 3. The second-order valence-electron chi connectivity index (χ2n) is 5.89. The van der Waals surface area contributed by atoms with E-state index in [0.717, 1.165) is 17.9 Å². The minimum atomic E-state index is -4.79. The molecule has 0 aliphatic heterocycles. The number of aromatic nitrogens is 3. The number of alkyl halides is 3. The zero-order chi connectivity index (χ0) is 19.8. The normalized spacial score (nSPS) is 12.3. The summed E-state index contributed by atoms with van der Waals surface area (Å²) in [5.41, 5.74) is -0.187. The van der Waals surface area contributed by atoms with Gasteiger partial charge in [-0.1, -0.05) is 23.7 Å². The molecular formula is C17H13ClF3N3O2S. The van der Waals surface area contributed by atoms with Crippen molar-refractivity contribution in [2.24, 2.45) is 0 Å². The maximum atomic E-state index is 13.1. The van der Waals surface area contributed by atoms with Gasteiger partial charge in [0.2, 0.25) is 15.0 Å². The highest BCUT2D eigenvalue weighted by Crippen LogP contribution is 2.31. The third-order valence-corrected chi connectivity index (χ3v) is 4.71. The van der Waals surface area contributed by atoms with Crippen LogP contribution in [0.25, 0.3) is 11.3 Å².